The van der Waals surface area contributed by atoms with Crippen LogP contribution in [0, 0.1) is 0 Å². The van der Waals surface area contributed by atoms with E-state index >= 15 is 0 Å². The highest BCUT2D eigenvalue weighted by atomic mass is 32.2. The smallest absolute Gasteiger partial charge is 0.337 e. The van der Waals surface area contributed by atoms with E-state index in [9.17, 15) is 9.00 Å². The zero-order valence-electron chi connectivity index (χ0n) is 9.73. The molecule has 0 aliphatic carbocycles. The molecular weight excluding hydrogens is 224 g/mol. The maximum Gasteiger partial charge on any atom is 0.337 e. The predicted octanol–water partition coefficient (Wildman–Crippen LogP) is 1.96. The van der Waals surface area contributed by atoms with Crippen LogP contribution in [0.2, 0.25) is 0 Å². The first kappa shape index (κ1) is 12.8. The van der Waals surface area contributed by atoms with E-state index in [1.807, 2.05) is 13.8 Å². The van der Waals surface area contributed by atoms with Crippen molar-refractivity contribution in [1.29, 1.82) is 0 Å². The number of carbonyl (C=O) groups is 1. The van der Waals surface area contributed by atoms with Crippen LogP contribution in [0.15, 0.2) is 29.2 Å². The number of benzene rings is 1. The fourth-order valence-electron chi connectivity index (χ4n) is 1.23. The largest absolute Gasteiger partial charge is 0.465 e. The summed E-state index contributed by atoms with van der Waals surface area (Å²) in [6, 6.07) is 6.63. The van der Waals surface area contributed by atoms with Crippen molar-refractivity contribution in [3.05, 3.63) is 29.8 Å². The third-order valence-corrected chi connectivity index (χ3v) is 4.99. The molecule has 0 bridgehead atoms. The molecule has 0 N–H and O–H groups in total. The van der Waals surface area contributed by atoms with E-state index in [1.165, 1.54) is 7.11 Å². The molecule has 16 heavy (non-hydrogen) atoms. The zero-order valence-corrected chi connectivity index (χ0v) is 10.5. The van der Waals surface area contributed by atoms with Crippen molar-refractivity contribution in [2.45, 2.75) is 24.0 Å². The standard InChI is InChI=1S/C12H16O3S/c1-9(2)16(4,14)11-7-5-6-10(8-11)12(13)15-3/h5-9H,4H2,1-3H3. The van der Waals surface area contributed by atoms with E-state index in [-0.39, 0.29) is 5.25 Å². The molecule has 1 unspecified atom stereocenters. The van der Waals surface area contributed by atoms with Gasteiger partial charge < -0.3 is 4.74 Å². The number of hydrogen-bond donors (Lipinski definition) is 0. The molecule has 0 amide bonds. The molecule has 0 spiro atoms. The van der Waals surface area contributed by atoms with Gasteiger partial charge in [0.1, 0.15) is 0 Å². The summed E-state index contributed by atoms with van der Waals surface area (Å²) in [5, 5.41) is -0.0691. The first-order valence-corrected chi connectivity index (χ1v) is 6.73. The molecule has 0 aromatic heterocycles. The highest BCUT2D eigenvalue weighted by Crippen LogP contribution is 2.17. The molecule has 0 aliphatic heterocycles. The SMILES string of the molecule is C=S(=O)(c1cccc(C(=O)OC)c1)C(C)C. The second-order valence-corrected chi connectivity index (χ2v) is 6.66. The van der Waals surface area contributed by atoms with E-state index < -0.39 is 15.5 Å². The Hall–Kier alpha value is -1.29. The Morgan fingerprint density at radius 2 is 2.06 bits per heavy atom. The third kappa shape index (κ3) is 2.44. The first-order chi connectivity index (χ1) is 7.39. The first-order valence-electron chi connectivity index (χ1n) is 4.94. The molecule has 0 saturated carbocycles. The summed E-state index contributed by atoms with van der Waals surface area (Å²) in [7, 11) is -1.03. The van der Waals surface area contributed by atoms with Gasteiger partial charge in [0.05, 0.1) is 12.7 Å². The second kappa shape index (κ2) is 4.70. The van der Waals surface area contributed by atoms with Gasteiger partial charge >= 0.3 is 5.97 Å². The topological polar surface area (TPSA) is 43.4 Å². The molecule has 1 atom stereocenters. The molecule has 1 aromatic rings. The van der Waals surface area contributed by atoms with E-state index in [4.69, 9.17) is 0 Å². The summed E-state index contributed by atoms with van der Waals surface area (Å²) in [6.45, 7) is 3.69. The highest BCUT2D eigenvalue weighted by molar-refractivity contribution is 8.00. The average molecular weight is 240 g/mol. The monoisotopic (exact) mass is 240 g/mol. The summed E-state index contributed by atoms with van der Waals surface area (Å²) < 4.78 is 16.9. The number of hydrogen-bond acceptors (Lipinski definition) is 3. The van der Waals surface area contributed by atoms with E-state index in [0.717, 1.165) is 0 Å². The second-order valence-electron chi connectivity index (χ2n) is 3.79. The van der Waals surface area contributed by atoms with Crippen LogP contribution < -0.4 is 0 Å². The van der Waals surface area contributed by atoms with Crippen molar-refractivity contribution in [1.82, 2.24) is 0 Å². The predicted molar refractivity (Wildman–Crippen MR) is 66.4 cm³/mol. The summed E-state index contributed by atoms with van der Waals surface area (Å²) in [5.74, 6) is 3.31. The van der Waals surface area contributed by atoms with Crippen LogP contribution in [0.1, 0.15) is 24.2 Å². The maximum atomic E-state index is 12.3. The Morgan fingerprint density at radius 3 is 2.56 bits per heavy atom. The van der Waals surface area contributed by atoms with Crippen LogP contribution >= 0.6 is 0 Å². The maximum absolute atomic E-state index is 12.3. The zero-order chi connectivity index (χ0) is 12.3. The van der Waals surface area contributed by atoms with Gasteiger partial charge in [-0.05, 0) is 33.6 Å². The number of esters is 1. The van der Waals surface area contributed by atoms with Crippen LogP contribution in [-0.4, -0.2) is 28.4 Å². The summed E-state index contributed by atoms with van der Waals surface area (Å²) in [4.78, 5) is 11.9. The molecule has 88 valence electrons. The minimum atomic E-state index is -2.35. The summed E-state index contributed by atoms with van der Waals surface area (Å²) >= 11 is 0. The van der Waals surface area contributed by atoms with E-state index in [2.05, 4.69) is 10.6 Å². The van der Waals surface area contributed by atoms with Gasteiger partial charge in [0.15, 0.2) is 0 Å². The van der Waals surface area contributed by atoms with Crippen molar-refractivity contribution in [2.75, 3.05) is 7.11 Å². The highest BCUT2D eigenvalue weighted by Gasteiger charge is 2.14. The van der Waals surface area contributed by atoms with Gasteiger partial charge in [-0.15, -0.1) is 0 Å². The van der Waals surface area contributed by atoms with Crippen molar-refractivity contribution < 1.29 is 13.7 Å². The summed E-state index contributed by atoms with van der Waals surface area (Å²) in [6.07, 6.45) is 0. The molecule has 0 saturated heterocycles. The lowest BCUT2D eigenvalue weighted by molar-refractivity contribution is 0.0600. The lowest BCUT2D eigenvalue weighted by Gasteiger charge is -2.13. The molecule has 0 aliphatic rings. The van der Waals surface area contributed by atoms with Gasteiger partial charge in [0, 0.05) is 10.1 Å². The van der Waals surface area contributed by atoms with Crippen molar-refractivity contribution >= 4 is 21.4 Å². The number of methoxy groups -OCH3 is 1. The van der Waals surface area contributed by atoms with Gasteiger partial charge in [-0.25, -0.2) is 4.79 Å². The molecule has 1 aromatic carbocycles. The Labute approximate surface area is 96.4 Å². The van der Waals surface area contributed by atoms with Gasteiger partial charge in [-0.1, -0.05) is 19.9 Å². The molecule has 0 fully saturated rings. The third-order valence-electron chi connectivity index (χ3n) is 2.42. The lowest BCUT2D eigenvalue weighted by Crippen LogP contribution is -2.14. The molecule has 1 rings (SSSR count). The molecular formula is C12H16O3S. The van der Waals surface area contributed by atoms with E-state index in [0.29, 0.717) is 10.5 Å². The van der Waals surface area contributed by atoms with Gasteiger partial charge in [-0.2, -0.15) is 0 Å². The van der Waals surface area contributed by atoms with Crippen LogP contribution in [0.4, 0.5) is 0 Å². The lowest BCUT2D eigenvalue weighted by atomic mass is 10.2. The Bertz CT molecular complexity index is 487. The minimum Gasteiger partial charge on any atom is -0.465 e. The molecule has 0 heterocycles. The Kier molecular flexibility index (Phi) is 3.75. The fourth-order valence-corrected chi connectivity index (χ4v) is 2.41. The van der Waals surface area contributed by atoms with Crippen LogP contribution in [-0.2, 0) is 14.3 Å². The summed E-state index contributed by atoms with van der Waals surface area (Å²) in [5.41, 5.74) is 0.400. The van der Waals surface area contributed by atoms with Crippen LogP contribution in [0.25, 0.3) is 0 Å². The van der Waals surface area contributed by atoms with Crippen molar-refractivity contribution in [3.8, 4) is 0 Å². The van der Waals surface area contributed by atoms with Gasteiger partial charge in [-0.3, -0.25) is 4.21 Å². The van der Waals surface area contributed by atoms with E-state index in [1.54, 1.807) is 24.3 Å². The van der Waals surface area contributed by atoms with Crippen molar-refractivity contribution in [2.24, 2.45) is 0 Å². The normalized spacial score (nSPS) is 14.5. The minimum absolute atomic E-state index is 0.0691. The molecule has 0 radical (unpaired) electrons. The number of carbonyl (C=O) groups excluding carboxylic acids is 1. The molecule has 3 nitrogen and oxygen atoms in total. The van der Waals surface area contributed by atoms with Crippen LogP contribution in [0.3, 0.4) is 0 Å². The fraction of sp³-hybridized carbons (Fsp3) is 0.333. The molecule has 4 heteroatoms. The van der Waals surface area contributed by atoms with Gasteiger partial charge in [0.25, 0.3) is 0 Å². The Morgan fingerprint density at radius 1 is 1.44 bits per heavy atom. The van der Waals surface area contributed by atoms with Crippen LogP contribution in [0.5, 0.6) is 0 Å². The quantitative estimate of drug-likeness (QED) is 0.599. The van der Waals surface area contributed by atoms with Crippen molar-refractivity contribution in [3.63, 3.8) is 0 Å². The Balaban J connectivity index is 3.24. The number of rotatable bonds is 3. The average Bonchev–Trinajstić information content (AvgIpc) is 2.28. The van der Waals surface area contributed by atoms with Gasteiger partial charge in [0.2, 0.25) is 0 Å². The number of ether oxygens (including phenoxy) is 1.